The molecule has 0 spiro atoms. The summed E-state index contributed by atoms with van der Waals surface area (Å²) in [7, 11) is 0. The molecule has 1 aliphatic carbocycles. The van der Waals surface area contributed by atoms with Gasteiger partial charge in [-0.3, -0.25) is 0 Å². The first-order valence-corrected chi connectivity index (χ1v) is 6.57. The lowest BCUT2D eigenvalue weighted by atomic mass is 9.84. The number of hydrogen-bond donors (Lipinski definition) is 0. The Kier molecular flexibility index (Phi) is 2.76. The van der Waals surface area contributed by atoms with Crippen LogP contribution in [0, 0.1) is 5.92 Å². The third kappa shape index (κ3) is 1.90. The van der Waals surface area contributed by atoms with Crippen LogP contribution in [-0.4, -0.2) is 6.04 Å². The van der Waals surface area contributed by atoms with E-state index in [1.807, 2.05) is 0 Å². The Labute approximate surface area is 103 Å². The van der Waals surface area contributed by atoms with Crippen LogP contribution in [0.3, 0.4) is 0 Å². The van der Waals surface area contributed by atoms with Crippen molar-refractivity contribution in [2.45, 2.75) is 32.2 Å². The zero-order chi connectivity index (χ0) is 11.7. The summed E-state index contributed by atoms with van der Waals surface area (Å²) in [5.74, 6) is 0.733. The molecule has 17 heavy (non-hydrogen) atoms. The molecule has 0 N–H and O–H groups in total. The third-order valence-electron chi connectivity index (χ3n) is 3.93. The molecule has 0 aromatic heterocycles. The first-order chi connectivity index (χ1) is 8.36. The fourth-order valence-corrected chi connectivity index (χ4v) is 3.03. The molecule has 2 atom stereocenters. The maximum absolute atomic E-state index is 2.53. The minimum atomic E-state index is 0.617. The van der Waals surface area contributed by atoms with Crippen molar-refractivity contribution in [2.75, 3.05) is 4.90 Å². The van der Waals surface area contributed by atoms with Gasteiger partial charge in [-0.05, 0) is 44.4 Å². The van der Waals surface area contributed by atoms with Crippen molar-refractivity contribution < 1.29 is 0 Å². The second kappa shape index (κ2) is 4.40. The average Bonchev–Trinajstić information content (AvgIpc) is 2.39. The van der Waals surface area contributed by atoms with E-state index in [0.717, 1.165) is 5.92 Å². The lowest BCUT2D eigenvalue weighted by Crippen LogP contribution is -2.40. The average molecular weight is 225 g/mol. The monoisotopic (exact) mass is 225 g/mol. The number of piperidine rings is 1. The Balaban J connectivity index is 2.00. The van der Waals surface area contributed by atoms with Crippen molar-refractivity contribution in [3.63, 3.8) is 0 Å². The van der Waals surface area contributed by atoms with Crippen LogP contribution in [0.5, 0.6) is 0 Å². The molecule has 0 bridgehead atoms. The second-order valence-corrected chi connectivity index (χ2v) is 5.08. The molecular weight excluding hydrogens is 206 g/mol. The van der Waals surface area contributed by atoms with E-state index in [4.69, 9.17) is 0 Å². The molecule has 0 saturated carbocycles. The zero-order valence-corrected chi connectivity index (χ0v) is 10.3. The fourth-order valence-electron chi connectivity index (χ4n) is 3.03. The van der Waals surface area contributed by atoms with Gasteiger partial charge in [0.05, 0.1) is 0 Å². The molecule has 1 fully saturated rings. The van der Waals surface area contributed by atoms with Gasteiger partial charge in [0.2, 0.25) is 0 Å². The molecule has 1 aliphatic heterocycles. The molecule has 1 saturated heterocycles. The van der Waals surface area contributed by atoms with Crippen molar-refractivity contribution in [1.82, 2.24) is 0 Å². The number of rotatable bonds is 1. The fraction of sp³-hybridized carbons (Fsp3) is 0.375. The summed E-state index contributed by atoms with van der Waals surface area (Å²) in [4.78, 5) is 2.53. The maximum atomic E-state index is 2.53. The molecule has 1 aromatic rings. The van der Waals surface area contributed by atoms with Gasteiger partial charge < -0.3 is 4.90 Å². The van der Waals surface area contributed by atoms with Crippen LogP contribution >= 0.6 is 0 Å². The van der Waals surface area contributed by atoms with Crippen LogP contribution in [0.4, 0.5) is 5.69 Å². The van der Waals surface area contributed by atoms with Crippen LogP contribution in [-0.2, 0) is 0 Å². The number of anilines is 1. The van der Waals surface area contributed by atoms with Gasteiger partial charge in [-0.2, -0.15) is 0 Å². The molecule has 1 heteroatoms. The number of para-hydroxylation sites is 1. The molecule has 88 valence electrons. The third-order valence-corrected chi connectivity index (χ3v) is 3.93. The van der Waals surface area contributed by atoms with Gasteiger partial charge in [-0.15, -0.1) is 0 Å². The van der Waals surface area contributed by atoms with Gasteiger partial charge in [0.25, 0.3) is 0 Å². The van der Waals surface area contributed by atoms with Crippen molar-refractivity contribution in [3.05, 3.63) is 54.3 Å². The first-order valence-electron chi connectivity index (χ1n) is 6.57. The van der Waals surface area contributed by atoms with E-state index in [-0.39, 0.29) is 0 Å². The Morgan fingerprint density at radius 2 is 1.94 bits per heavy atom. The molecule has 2 unspecified atom stereocenters. The van der Waals surface area contributed by atoms with E-state index in [1.165, 1.54) is 30.6 Å². The van der Waals surface area contributed by atoms with Crippen molar-refractivity contribution in [3.8, 4) is 0 Å². The summed E-state index contributed by atoms with van der Waals surface area (Å²) in [6, 6.07) is 11.4. The van der Waals surface area contributed by atoms with E-state index in [9.17, 15) is 0 Å². The highest BCUT2D eigenvalue weighted by Crippen LogP contribution is 2.38. The summed E-state index contributed by atoms with van der Waals surface area (Å²) >= 11 is 0. The second-order valence-electron chi connectivity index (χ2n) is 5.08. The minimum absolute atomic E-state index is 0.617. The number of nitrogens with zero attached hydrogens (tertiary/aromatic N) is 1. The van der Waals surface area contributed by atoms with E-state index in [1.54, 1.807) is 0 Å². The molecule has 0 radical (unpaired) electrons. The lowest BCUT2D eigenvalue weighted by molar-refractivity contribution is 0.421. The highest BCUT2D eigenvalue weighted by molar-refractivity contribution is 5.55. The number of allylic oxidation sites excluding steroid dienone is 4. The molecule has 1 aromatic carbocycles. The van der Waals surface area contributed by atoms with E-state index >= 15 is 0 Å². The van der Waals surface area contributed by atoms with Crippen LogP contribution in [0.2, 0.25) is 0 Å². The van der Waals surface area contributed by atoms with Gasteiger partial charge in [-0.1, -0.05) is 30.4 Å². The number of hydrogen-bond acceptors (Lipinski definition) is 1. The smallest absolute Gasteiger partial charge is 0.0410 e. The molecular formula is C16H19N. The Bertz CT molecular complexity index is 444. The number of fused-ring (bicyclic) bond motifs is 1. The molecule has 1 heterocycles. The molecule has 1 nitrogen and oxygen atoms in total. The largest absolute Gasteiger partial charge is 0.342 e. The van der Waals surface area contributed by atoms with Crippen LogP contribution in [0.1, 0.15) is 26.2 Å². The summed E-state index contributed by atoms with van der Waals surface area (Å²) in [6.07, 6.45) is 10.7. The van der Waals surface area contributed by atoms with Crippen molar-refractivity contribution in [2.24, 2.45) is 5.92 Å². The quantitative estimate of drug-likeness (QED) is 0.694. The van der Waals surface area contributed by atoms with Gasteiger partial charge >= 0.3 is 0 Å². The van der Waals surface area contributed by atoms with Crippen molar-refractivity contribution in [1.29, 1.82) is 0 Å². The first kappa shape index (κ1) is 10.6. The lowest BCUT2D eigenvalue weighted by Gasteiger charge is -2.42. The van der Waals surface area contributed by atoms with Crippen LogP contribution in [0.15, 0.2) is 54.3 Å². The van der Waals surface area contributed by atoms with Crippen LogP contribution in [0.25, 0.3) is 0 Å². The zero-order valence-electron chi connectivity index (χ0n) is 10.3. The predicted molar refractivity (Wildman–Crippen MR) is 72.9 cm³/mol. The summed E-state index contributed by atoms with van der Waals surface area (Å²) < 4.78 is 0. The highest BCUT2D eigenvalue weighted by Gasteiger charge is 2.30. The van der Waals surface area contributed by atoms with E-state index in [0.29, 0.717) is 6.04 Å². The summed E-state index contributed by atoms with van der Waals surface area (Å²) in [6.45, 7) is 2.34. The molecule has 0 amide bonds. The molecule has 3 rings (SSSR count). The topological polar surface area (TPSA) is 3.24 Å². The number of benzene rings is 1. The SMILES string of the molecule is CC1CCC2CC=CC=C2N1c1ccccc1. The van der Waals surface area contributed by atoms with Gasteiger partial charge in [-0.25, -0.2) is 0 Å². The van der Waals surface area contributed by atoms with Gasteiger partial charge in [0.1, 0.15) is 0 Å². The summed E-state index contributed by atoms with van der Waals surface area (Å²) in [5, 5.41) is 0. The maximum Gasteiger partial charge on any atom is 0.0410 e. The van der Waals surface area contributed by atoms with Crippen LogP contribution < -0.4 is 4.90 Å². The van der Waals surface area contributed by atoms with E-state index in [2.05, 4.69) is 60.4 Å². The summed E-state index contributed by atoms with van der Waals surface area (Å²) in [5.41, 5.74) is 2.85. The van der Waals surface area contributed by atoms with Crippen molar-refractivity contribution >= 4 is 5.69 Å². The van der Waals surface area contributed by atoms with E-state index < -0.39 is 0 Å². The predicted octanol–water partition coefficient (Wildman–Crippen LogP) is 4.14. The minimum Gasteiger partial charge on any atom is -0.342 e. The normalized spacial score (nSPS) is 27.6. The Morgan fingerprint density at radius 1 is 1.12 bits per heavy atom. The van der Waals surface area contributed by atoms with Gasteiger partial charge in [0, 0.05) is 23.3 Å². The molecule has 2 aliphatic rings. The Morgan fingerprint density at radius 3 is 2.76 bits per heavy atom. The Hall–Kier alpha value is -1.50. The highest BCUT2D eigenvalue weighted by atomic mass is 15.2. The van der Waals surface area contributed by atoms with Gasteiger partial charge in [0.15, 0.2) is 0 Å². The standard InChI is InChI=1S/C16H19N/c1-13-11-12-14-7-5-6-10-16(14)17(13)15-8-3-2-4-9-15/h2-6,8-10,13-14H,7,11-12H2,1H3.